The van der Waals surface area contributed by atoms with Gasteiger partial charge in [0.15, 0.2) is 33.1 Å². The van der Waals surface area contributed by atoms with E-state index >= 15 is 8.78 Å². The monoisotopic (exact) mass is 848 g/mol. The van der Waals surface area contributed by atoms with E-state index in [-0.39, 0.29) is 45.2 Å². The van der Waals surface area contributed by atoms with Crippen LogP contribution in [0.25, 0.3) is 22.3 Å². The molecule has 0 saturated heterocycles. The van der Waals surface area contributed by atoms with Crippen molar-refractivity contribution in [3.8, 4) is 11.4 Å². The van der Waals surface area contributed by atoms with Crippen LogP contribution in [0, 0.1) is 28.8 Å². The van der Waals surface area contributed by atoms with Crippen LogP contribution < -0.4 is 0 Å². The highest BCUT2D eigenvalue weighted by atomic mass is 79.9. The Morgan fingerprint density at radius 2 is 1.83 bits per heavy atom. The zero-order valence-electron chi connectivity index (χ0n) is 31.0. The van der Waals surface area contributed by atoms with E-state index in [9.17, 15) is 22.7 Å². The summed E-state index contributed by atoms with van der Waals surface area (Å²) in [5.74, 6) is -3.12. The Bertz CT molecular complexity index is 2280. The summed E-state index contributed by atoms with van der Waals surface area (Å²) in [5.41, 5.74) is 0.468. The van der Waals surface area contributed by atoms with Gasteiger partial charge in [-0.15, -0.1) is 0 Å². The molecule has 0 unspecified atom stereocenters. The molecule has 0 spiro atoms. The average Bonchev–Trinajstić information content (AvgIpc) is 3.76. The van der Waals surface area contributed by atoms with E-state index in [4.69, 9.17) is 14.8 Å². The van der Waals surface area contributed by atoms with Crippen molar-refractivity contribution in [2.24, 2.45) is 18.4 Å². The number of halogens is 4. The largest absolute Gasteiger partial charge is 0.469 e. The van der Waals surface area contributed by atoms with Crippen molar-refractivity contribution in [2.75, 3.05) is 25.2 Å². The SMILES string of the molecule is COC(=O)[C@@H](C)Cc1cccc([C@@](C)(CCCC(C)(C)CS(=O)(=O)CCO)c2nc(-c3cc(Sc4c(F)c(F)c5[nH]ccc5c4Br)ccc3F)n(C)n2)c1. The topological polar surface area (TPSA) is 127 Å². The smallest absolute Gasteiger partial charge is 0.308 e. The van der Waals surface area contributed by atoms with Gasteiger partial charge in [0, 0.05) is 28.0 Å². The van der Waals surface area contributed by atoms with E-state index in [0.717, 1.165) is 22.9 Å². The number of aliphatic hydroxyl groups excluding tert-OH is 1. The Labute approximate surface area is 326 Å². The first kappa shape index (κ1) is 41.5. The second-order valence-corrected chi connectivity index (χ2v) is 18.7. The molecule has 2 aromatic heterocycles. The minimum absolute atomic E-state index is 0.0110. The van der Waals surface area contributed by atoms with Gasteiger partial charge in [-0.1, -0.05) is 63.2 Å². The second kappa shape index (κ2) is 16.6. The first-order valence-corrected chi connectivity index (χ1v) is 20.8. The van der Waals surface area contributed by atoms with Gasteiger partial charge in [-0.2, -0.15) is 5.10 Å². The molecule has 54 heavy (non-hydrogen) atoms. The Morgan fingerprint density at radius 3 is 2.54 bits per heavy atom. The Morgan fingerprint density at radius 1 is 1.09 bits per heavy atom. The Balaban J connectivity index is 1.52. The van der Waals surface area contributed by atoms with Crippen LogP contribution >= 0.6 is 27.7 Å². The van der Waals surface area contributed by atoms with Crippen LogP contribution in [-0.4, -0.2) is 64.5 Å². The van der Waals surface area contributed by atoms with Gasteiger partial charge in [0.25, 0.3) is 0 Å². The lowest BCUT2D eigenvalue weighted by molar-refractivity contribution is -0.144. The minimum Gasteiger partial charge on any atom is -0.469 e. The first-order valence-electron chi connectivity index (χ1n) is 17.4. The molecular formula is C39H44BrF3N4O5S2. The summed E-state index contributed by atoms with van der Waals surface area (Å²) in [5, 5.41) is 14.5. The fourth-order valence-electron chi connectivity index (χ4n) is 6.83. The Hall–Kier alpha value is -3.66. The molecule has 5 rings (SSSR count). The third-order valence-electron chi connectivity index (χ3n) is 9.70. The number of carbonyl (C=O) groups excluding carboxylic acids is 1. The van der Waals surface area contributed by atoms with Crippen molar-refractivity contribution >= 4 is 54.4 Å². The maximum absolute atomic E-state index is 15.6. The van der Waals surface area contributed by atoms with Crippen molar-refractivity contribution in [2.45, 2.75) is 68.6 Å². The number of H-pyrrole nitrogens is 1. The molecule has 0 aliphatic heterocycles. The first-order chi connectivity index (χ1) is 25.4. The number of ether oxygens (including phenoxy) is 1. The standard InChI is InChI=1S/C39H44BrF3N4O5S2/c1-23(36(49)52-6)19-24-9-7-10-25(20-24)39(4,15-8-14-38(2,3)22-54(50,51)18-17-48)37-45-35(47(5)46-37)28-21-26(11-12-29(28)41)53-34-30(40)27-13-16-44-33(27)31(42)32(34)43/h7,9-13,16,20-21,23,44,48H,8,14-15,17-19,22H2,1-6H3/t23-,39+/m0/s1. The van der Waals surface area contributed by atoms with E-state index in [1.165, 1.54) is 36.2 Å². The van der Waals surface area contributed by atoms with Crippen molar-refractivity contribution in [3.63, 3.8) is 0 Å². The number of aliphatic hydroxyl groups is 1. The summed E-state index contributed by atoms with van der Waals surface area (Å²) < 4.78 is 77.7. The number of esters is 1. The fraction of sp³-hybridized carbons (Fsp3) is 0.410. The summed E-state index contributed by atoms with van der Waals surface area (Å²) >= 11 is 4.36. The van der Waals surface area contributed by atoms with Gasteiger partial charge in [0.1, 0.15) is 5.82 Å². The van der Waals surface area contributed by atoms with Crippen molar-refractivity contribution in [1.82, 2.24) is 19.7 Å². The number of nitrogens with zero attached hydrogens (tertiary/aromatic N) is 3. The molecule has 0 amide bonds. The van der Waals surface area contributed by atoms with Crippen molar-refractivity contribution < 1.29 is 36.2 Å². The molecule has 0 aliphatic rings. The lowest BCUT2D eigenvalue weighted by Gasteiger charge is -2.30. The van der Waals surface area contributed by atoms with Gasteiger partial charge in [-0.3, -0.25) is 4.79 Å². The highest BCUT2D eigenvalue weighted by Crippen LogP contribution is 2.43. The zero-order chi connectivity index (χ0) is 39.6. The summed E-state index contributed by atoms with van der Waals surface area (Å²) in [6.45, 7) is 7.11. The average molecular weight is 850 g/mol. The Kier molecular flexibility index (Phi) is 12.8. The predicted molar refractivity (Wildman–Crippen MR) is 208 cm³/mol. The molecule has 2 atom stereocenters. The van der Waals surface area contributed by atoms with Crippen LogP contribution in [0.2, 0.25) is 0 Å². The molecule has 3 aromatic carbocycles. The van der Waals surface area contributed by atoms with Crippen LogP contribution in [0.5, 0.6) is 0 Å². The second-order valence-electron chi connectivity index (χ2n) is 14.7. The number of sulfone groups is 1. The summed E-state index contributed by atoms with van der Waals surface area (Å²) in [7, 11) is -0.453. The van der Waals surface area contributed by atoms with Crippen molar-refractivity contribution in [3.05, 3.63) is 93.6 Å². The number of rotatable bonds is 16. The molecule has 2 heterocycles. The molecule has 15 heteroatoms. The number of hydrogen-bond donors (Lipinski definition) is 2. The molecule has 0 saturated carbocycles. The van der Waals surface area contributed by atoms with E-state index in [1.54, 1.807) is 20.0 Å². The zero-order valence-corrected chi connectivity index (χ0v) is 34.2. The number of aromatic nitrogens is 4. The fourth-order valence-corrected chi connectivity index (χ4v) is 10.3. The van der Waals surface area contributed by atoms with Gasteiger partial charge >= 0.3 is 5.97 Å². The van der Waals surface area contributed by atoms with E-state index in [2.05, 4.69) is 20.9 Å². The number of fused-ring (bicyclic) bond motifs is 1. The van der Waals surface area contributed by atoms with Crippen LogP contribution in [0.15, 0.2) is 69.0 Å². The predicted octanol–water partition coefficient (Wildman–Crippen LogP) is 8.56. The number of aryl methyl sites for hydroxylation is 1. The maximum atomic E-state index is 15.6. The summed E-state index contributed by atoms with van der Waals surface area (Å²) in [6, 6.07) is 13.7. The van der Waals surface area contributed by atoms with Crippen LogP contribution in [-0.2, 0) is 38.3 Å². The number of nitrogens with one attached hydrogen (secondary N) is 1. The molecule has 290 valence electrons. The van der Waals surface area contributed by atoms with Gasteiger partial charge < -0.3 is 14.8 Å². The van der Waals surface area contributed by atoms with E-state index in [1.807, 2.05) is 45.0 Å². The molecule has 0 bridgehead atoms. The van der Waals surface area contributed by atoms with Gasteiger partial charge in [0.05, 0.1) is 52.5 Å². The molecule has 0 fully saturated rings. The number of methoxy groups -OCH3 is 1. The lowest BCUT2D eigenvalue weighted by atomic mass is 9.75. The number of aromatic amines is 1. The van der Waals surface area contributed by atoms with Crippen LogP contribution in [0.3, 0.4) is 0 Å². The third-order valence-corrected chi connectivity index (χ3v) is 13.9. The van der Waals surface area contributed by atoms with Crippen LogP contribution in [0.4, 0.5) is 13.2 Å². The van der Waals surface area contributed by atoms with Gasteiger partial charge in [-0.05, 0) is 82.9 Å². The number of carbonyl (C=O) groups is 1. The highest BCUT2D eigenvalue weighted by molar-refractivity contribution is 9.10. The molecule has 2 N–H and O–H groups in total. The molecule has 0 radical (unpaired) electrons. The highest BCUT2D eigenvalue weighted by Gasteiger charge is 2.36. The summed E-state index contributed by atoms with van der Waals surface area (Å²) in [6.07, 6.45) is 3.57. The lowest BCUT2D eigenvalue weighted by Crippen LogP contribution is -2.29. The summed E-state index contributed by atoms with van der Waals surface area (Å²) in [4.78, 5) is 20.3. The maximum Gasteiger partial charge on any atom is 0.308 e. The number of hydrogen-bond acceptors (Lipinski definition) is 8. The third kappa shape index (κ3) is 9.06. The molecule has 0 aliphatic carbocycles. The van der Waals surface area contributed by atoms with Gasteiger partial charge in [-0.25, -0.2) is 31.3 Å². The minimum atomic E-state index is -3.46. The quantitative estimate of drug-likeness (QED) is 0.0748. The van der Waals surface area contributed by atoms with E-state index < -0.39 is 44.7 Å². The van der Waals surface area contributed by atoms with Crippen molar-refractivity contribution in [1.29, 1.82) is 0 Å². The molecule has 5 aromatic rings. The molecular weight excluding hydrogens is 805 g/mol. The van der Waals surface area contributed by atoms with Crippen LogP contribution in [0.1, 0.15) is 63.9 Å². The normalized spacial score (nSPS) is 14.0. The number of benzene rings is 3. The van der Waals surface area contributed by atoms with E-state index in [0.29, 0.717) is 46.3 Å². The molecule has 9 nitrogen and oxygen atoms in total. The van der Waals surface area contributed by atoms with Gasteiger partial charge in [0.2, 0.25) is 0 Å².